The summed E-state index contributed by atoms with van der Waals surface area (Å²) in [6, 6.07) is 2.21. The number of piperidine rings is 1. The summed E-state index contributed by atoms with van der Waals surface area (Å²) in [5.41, 5.74) is 7.73. The van der Waals surface area contributed by atoms with Gasteiger partial charge in [0, 0.05) is 37.1 Å². The summed E-state index contributed by atoms with van der Waals surface area (Å²) < 4.78 is 5.51. The second-order valence-corrected chi connectivity index (χ2v) is 10.3. The number of hydrogen-bond donors (Lipinski definition) is 2. The van der Waals surface area contributed by atoms with Crippen molar-refractivity contribution in [2.45, 2.75) is 32.2 Å². The Morgan fingerprint density at radius 2 is 2.09 bits per heavy atom. The first kappa shape index (κ1) is 25.4. The fraction of sp³-hybridized carbons (Fsp3) is 0.696. The Morgan fingerprint density at radius 1 is 1.33 bits per heavy atom. The zero-order chi connectivity index (χ0) is 24.1. The highest BCUT2D eigenvalue weighted by Gasteiger charge is 2.43. The van der Waals surface area contributed by atoms with Crippen molar-refractivity contribution in [1.29, 1.82) is 5.26 Å². The minimum Gasteiger partial charge on any atom is -0.389 e. The second kappa shape index (κ2) is 11.3. The number of anilines is 1. The van der Waals surface area contributed by atoms with Gasteiger partial charge in [0.05, 0.1) is 24.7 Å². The van der Waals surface area contributed by atoms with Gasteiger partial charge in [0.25, 0.3) is 0 Å². The molecule has 1 fully saturated rings. The van der Waals surface area contributed by atoms with Gasteiger partial charge in [0.1, 0.15) is 11.1 Å². The monoisotopic (exact) mass is 476 g/mol. The molecule has 3 atom stereocenters. The van der Waals surface area contributed by atoms with Gasteiger partial charge in [0.2, 0.25) is 5.91 Å². The lowest BCUT2D eigenvalue weighted by Crippen LogP contribution is -2.55. The molecule has 0 spiro atoms. The highest BCUT2D eigenvalue weighted by atomic mass is 32.1. The van der Waals surface area contributed by atoms with Crippen molar-refractivity contribution in [3.8, 4) is 6.07 Å². The molecule has 1 unspecified atom stereocenters. The number of rotatable bonds is 8. The third kappa shape index (κ3) is 5.84. The van der Waals surface area contributed by atoms with Crippen LogP contribution >= 0.6 is 11.3 Å². The summed E-state index contributed by atoms with van der Waals surface area (Å²) in [6.07, 6.45) is 2.33. The summed E-state index contributed by atoms with van der Waals surface area (Å²) in [6.45, 7) is 4.96. The van der Waals surface area contributed by atoms with Crippen molar-refractivity contribution in [3.05, 3.63) is 16.0 Å². The zero-order valence-electron chi connectivity index (χ0n) is 20.1. The van der Waals surface area contributed by atoms with E-state index in [9.17, 15) is 14.9 Å². The van der Waals surface area contributed by atoms with Crippen molar-refractivity contribution in [2.24, 2.45) is 11.8 Å². The summed E-state index contributed by atoms with van der Waals surface area (Å²) in [7, 11) is 6.00. The molecule has 1 aliphatic carbocycles. The Balaban J connectivity index is 1.58. The highest BCUT2D eigenvalue weighted by Crippen LogP contribution is 2.42. The van der Waals surface area contributed by atoms with Gasteiger partial charge in [-0.05, 0) is 58.8 Å². The van der Waals surface area contributed by atoms with Crippen molar-refractivity contribution < 1.29 is 14.3 Å². The Hall–Kier alpha value is -2.19. The first-order valence-electron chi connectivity index (χ1n) is 11.6. The number of nitrogens with one attached hydrogen (secondary N) is 1. The van der Waals surface area contributed by atoms with Gasteiger partial charge in [-0.2, -0.15) is 5.26 Å². The molecule has 0 aromatic carbocycles. The van der Waals surface area contributed by atoms with Crippen molar-refractivity contribution in [2.75, 3.05) is 66.3 Å². The molecular formula is C23H36N6O3S. The number of carbonyl (C=O) groups is 2. The normalized spacial score (nSPS) is 22.4. The molecule has 0 radical (unpaired) electrons. The number of nitrogen functional groups attached to an aromatic ring is 1. The number of imide groups is 1. The van der Waals surface area contributed by atoms with Crippen LogP contribution in [0.25, 0.3) is 0 Å². The van der Waals surface area contributed by atoms with Crippen LogP contribution in [0, 0.1) is 23.2 Å². The van der Waals surface area contributed by atoms with Crippen molar-refractivity contribution in [1.82, 2.24) is 20.0 Å². The lowest BCUT2D eigenvalue weighted by atomic mass is 9.74. The summed E-state index contributed by atoms with van der Waals surface area (Å²) in [4.78, 5) is 32.8. The molecule has 3 N–H and O–H groups in total. The van der Waals surface area contributed by atoms with Gasteiger partial charge >= 0.3 is 6.03 Å². The number of nitrogens with zero attached hydrogens (tertiary/aromatic N) is 4. The predicted molar refractivity (Wildman–Crippen MR) is 129 cm³/mol. The highest BCUT2D eigenvalue weighted by molar-refractivity contribution is 7.16. The lowest BCUT2D eigenvalue weighted by Gasteiger charge is -2.45. The number of nitriles is 1. The van der Waals surface area contributed by atoms with Gasteiger partial charge in [0.15, 0.2) is 0 Å². The number of likely N-dealkylation sites (N-methyl/N-ethyl adjacent to an activating group) is 2. The number of hydrogen-bond acceptors (Lipinski definition) is 8. The van der Waals surface area contributed by atoms with Gasteiger partial charge in [-0.15, -0.1) is 11.3 Å². The molecule has 2 heterocycles. The Bertz CT molecular complexity index is 895. The molecule has 1 saturated heterocycles. The average Bonchev–Trinajstić information content (AvgIpc) is 3.08. The smallest absolute Gasteiger partial charge is 0.324 e. The first-order valence-corrected chi connectivity index (χ1v) is 12.4. The molecule has 2 aliphatic rings. The minimum absolute atomic E-state index is 0.134. The molecule has 9 nitrogen and oxygen atoms in total. The largest absolute Gasteiger partial charge is 0.389 e. The minimum atomic E-state index is -0.369. The molecule has 1 aromatic rings. The topological polar surface area (TPSA) is 115 Å². The fourth-order valence-corrected chi connectivity index (χ4v) is 6.04. The molecule has 3 amide bonds. The van der Waals surface area contributed by atoms with Gasteiger partial charge in [-0.3, -0.25) is 9.69 Å². The molecule has 0 saturated carbocycles. The van der Waals surface area contributed by atoms with E-state index in [1.54, 1.807) is 0 Å². The van der Waals surface area contributed by atoms with Gasteiger partial charge in [-0.1, -0.05) is 0 Å². The van der Waals surface area contributed by atoms with Crippen molar-refractivity contribution >= 4 is 28.3 Å². The molecule has 182 valence electrons. The standard InChI is InChI=1S/C23H36N6O3S/c1-5-29(23(31)26-6-8-32-9-7-27(2)3)22(30)16-10-15-11-17-18(13-24)21(25)33-20(17)12-19(15)28(4)14-16/h15-16,19H,5-12,14,25H2,1-4H3,(H,26,31)/t15?,16-,19-/m1/s1. The zero-order valence-corrected chi connectivity index (χ0v) is 20.9. The second-order valence-electron chi connectivity index (χ2n) is 9.19. The van der Waals surface area contributed by atoms with E-state index in [2.05, 4.69) is 16.3 Å². The van der Waals surface area contributed by atoms with E-state index in [1.807, 2.05) is 33.0 Å². The number of likely N-dealkylation sites (tertiary alicyclic amines) is 1. The van der Waals surface area contributed by atoms with E-state index in [4.69, 9.17) is 10.5 Å². The number of nitrogens with two attached hydrogens (primary N) is 1. The van der Waals surface area contributed by atoms with Crippen LogP contribution in [0.5, 0.6) is 0 Å². The fourth-order valence-electron chi connectivity index (χ4n) is 4.94. The SMILES string of the molecule is CCN(C(=O)NCCOCCN(C)C)C(=O)[C@@H]1CC2Cc3c(sc(N)c3C#N)C[C@H]2N(C)C1. The van der Waals surface area contributed by atoms with E-state index >= 15 is 0 Å². The van der Waals surface area contributed by atoms with Crippen LogP contribution in [0.15, 0.2) is 0 Å². The molecular weight excluding hydrogens is 440 g/mol. The van der Waals surface area contributed by atoms with Crippen LogP contribution < -0.4 is 11.1 Å². The average molecular weight is 477 g/mol. The van der Waals surface area contributed by atoms with E-state index < -0.39 is 0 Å². The van der Waals surface area contributed by atoms with Gasteiger partial charge in [-0.25, -0.2) is 4.79 Å². The van der Waals surface area contributed by atoms with Crippen LogP contribution in [0.2, 0.25) is 0 Å². The molecule has 3 rings (SSSR count). The summed E-state index contributed by atoms with van der Waals surface area (Å²) in [5.74, 6) is -0.121. The number of amides is 3. The Morgan fingerprint density at radius 3 is 2.76 bits per heavy atom. The van der Waals surface area contributed by atoms with E-state index in [0.717, 1.165) is 24.9 Å². The quantitative estimate of drug-likeness (QED) is 0.545. The van der Waals surface area contributed by atoms with E-state index in [-0.39, 0.29) is 23.8 Å². The van der Waals surface area contributed by atoms with E-state index in [0.29, 0.717) is 55.9 Å². The maximum atomic E-state index is 13.3. The van der Waals surface area contributed by atoms with Gasteiger partial charge < -0.3 is 25.6 Å². The number of carbonyl (C=O) groups excluding carboxylic acids is 2. The number of thiophene rings is 1. The maximum Gasteiger partial charge on any atom is 0.324 e. The maximum absolute atomic E-state index is 13.3. The van der Waals surface area contributed by atoms with Crippen LogP contribution in [-0.2, 0) is 22.4 Å². The summed E-state index contributed by atoms with van der Waals surface area (Å²) >= 11 is 1.52. The third-order valence-corrected chi connectivity index (χ3v) is 7.76. The predicted octanol–water partition coefficient (Wildman–Crippen LogP) is 1.37. The Labute approximate surface area is 200 Å². The third-order valence-electron chi connectivity index (χ3n) is 6.68. The van der Waals surface area contributed by atoms with E-state index in [1.165, 1.54) is 21.1 Å². The van der Waals surface area contributed by atoms with Crippen molar-refractivity contribution in [3.63, 3.8) is 0 Å². The Kier molecular flexibility index (Phi) is 8.70. The number of ether oxygens (including phenoxy) is 1. The molecule has 0 bridgehead atoms. The van der Waals surface area contributed by atoms with Crippen LogP contribution in [0.4, 0.5) is 9.80 Å². The van der Waals surface area contributed by atoms with Crippen LogP contribution in [-0.4, -0.2) is 93.2 Å². The molecule has 33 heavy (non-hydrogen) atoms. The molecule has 1 aliphatic heterocycles. The van der Waals surface area contributed by atoms with Crippen LogP contribution in [0.1, 0.15) is 29.3 Å². The molecule has 10 heteroatoms. The first-order chi connectivity index (χ1) is 15.8. The number of fused-ring (bicyclic) bond motifs is 2. The molecule has 1 aromatic heterocycles. The van der Waals surface area contributed by atoms with Crippen LogP contribution in [0.3, 0.4) is 0 Å². The lowest BCUT2D eigenvalue weighted by molar-refractivity contribution is -0.135. The number of urea groups is 1. The summed E-state index contributed by atoms with van der Waals surface area (Å²) in [5, 5.41) is 12.9.